The molecule has 0 aliphatic heterocycles. The molecule has 0 unspecified atom stereocenters. The molecule has 1 heterocycles. The van der Waals surface area contributed by atoms with Crippen molar-refractivity contribution in [1.82, 2.24) is 9.88 Å². The summed E-state index contributed by atoms with van der Waals surface area (Å²) in [5.74, 6) is 0.929. The molecular formula is C14H20N2O. The highest BCUT2D eigenvalue weighted by molar-refractivity contribution is 5.85. The lowest BCUT2D eigenvalue weighted by molar-refractivity contribution is 0.415. The molecule has 0 saturated heterocycles. The quantitative estimate of drug-likeness (QED) is 0.801. The predicted octanol–water partition coefficient (Wildman–Crippen LogP) is 2.34. The van der Waals surface area contributed by atoms with Gasteiger partial charge in [-0.05, 0) is 50.2 Å². The van der Waals surface area contributed by atoms with Crippen molar-refractivity contribution in [3.8, 4) is 5.75 Å². The summed E-state index contributed by atoms with van der Waals surface area (Å²) in [6.45, 7) is 1.06. The van der Waals surface area contributed by atoms with Crippen LogP contribution in [0, 0.1) is 0 Å². The van der Waals surface area contributed by atoms with Gasteiger partial charge in [0, 0.05) is 24.1 Å². The van der Waals surface area contributed by atoms with Crippen LogP contribution in [0.2, 0.25) is 0 Å². The van der Waals surface area contributed by atoms with Crippen LogP contribution < -0.4 is 10.1 Å². The highest BCUT2D eigenvalue weighted by Crippen LogP contribution is 2.26. The van der Waals surface area contributed by atoms with Gasteiger partial charge in [-0.3, -0.25) is 0 Å². The van der Waals surface area contributed by atoms with Gasteiger partial charge in [0.2, 0.25) is 0 Å². The molecule has 0 aliphatic rings. The summed E-state index contributed by atoms with van der Waals surface area (Å²) in [7, 11) is 5.80. The van der Waals surface area contributed by atoms with Crippen molar-refractivity contribution in [2.24, 2.45) is 7.05 Å². The van der Waals surface area contributed by atoms with Crippen molar-refractivity contribution in [3.05, 3.63) is 30.0 Å². The molecule has 1 aromatic carbocycles. The van der Waals surface area contributed by atoms with Crippen LogP contribution in [0.15, 0.2) is 24.4 Å². The van der Waals surface area contributed by atoms with Crippen LogP contribution in [-0.4, -0.2) is 25.3 Å². The molecule has 0 saturated carbocycles. The topological polar surface area (TPSA) is 26.2 Å². The second-order valence-electron chi connectivity index (χ2n) is 4.36. The van der Waals surface area contributed by atoms with Gasteiger partial charge in [-0.2, -0.15) is 0 Å². The first kappa shape index (κ1) is 12.0. The number of fused-ring (bicyclic) bond motifs is 1. The summed E-state index contributed by atoms with van der Waals surface area (Å²) in [4.78, 5) is 0. The van der Waals surface area contributed by atoms with Crippen molar-refractivity contribution >= 4 is 10.9 Å². The number of hydrogen-bond donors (Lipinski definition) is 1. The molecule has 92 valence electrons. The summed E-state index contributed by atoms with van der Waals surface area (Å²) < 4.78 is 7.47. The van der Waals surface area contributed by atoms with Crippen LogP contribution in [0.4, 0.5) is 0 Å². The number of aryl methyl sites for hydroxylation is 2. The van der Waals surface area contributed by atoms with Gasteiger partial charge < -0.3 is 14.6 Å². The van der Waals surface area contributed by atoms with E-state index in [-0.39, 0.29) is 0 Å². The largest absolute Gasteiger partial charge is 0.497 e. The summed E-state index contributed by atoms with van der Waals surface area (Å²) in [6, 6.07) is 6.26. The molecule has 17 heavy (non-hydrogen) atoms. The smallest absolute Gasteiger partial charge is 0.119 e. The van der Waals surface area contributed by atoms with Crippen molar-refractivity contribution in [2.75, 3.05) is 20.7 Å². The van der Waals surface area contributed by atoms with Gasteiger partial charge in [0.25, 0.3) is 0 Å². The van der Waals surface area contributed by atoms with E-state index in [1.54, 1.807) is 7.11 Å². The van der Waals surface area contributed by atoms with Crippen LogP contribution >= 0.6 is 0 Å². The summed E-state index contributed by atoms with van der Waals surface area (Å²) in [6.07, 6.45) is 4.48. The van der Waals surface area contributed by atoms with Crippen molar-refractivity contribution in [1.29, 1.82) is 0 Å². The van der Waals surface area contributed by atoms with Gasteiger partial charge in [-0.1, -0.05) is 0 Å². The molecule has 1 aromatic heterocycles. The Morgan fingerprint density at radius 1 is 1.35 bits per heavy atom. The van der Waals surface area contributed by atoms with E-state index < -0.39 is 0 Å². The van der Waals surface area contributed by atoms with Crippen LogP contribution in [-0.2, 0) is 13.5 Å². The van der Waals surface area contributed by atoms with Gasteiger partial charge in [0.05, 0.1) is 7.11 Å². The third-order valence-electron chi connectivity index (χ3n) is 3.15. The van der Waals surface area contributed by atoms with E-state index in [4.69, 9.17) is 4.74 Å². The predicted molar refractivity (Wildman–Crippen MR) is 71.7 cm³/mol. The summed E-state index contributed by atoms with van der Waals surface area (Å²) in [5, 5.41) is 4.49. The average Bonchev–Trinajstić information content (AvgIpc) is 2.66. The Hall–Kier alpha value is -1.48. The van der Waals surface area contributed by atoms with E-state index in [1.165, 1.54) is 16.5 Å². The third kappa shape index (κ3) is 2.44. The number of aromatic nitrogens is 1. The lowest BCUT2D eigenvalue weighted by Crippen LogP contribution is -2.08. The minimum absolute atomic E-state index is 0.929. The summed E-state index contributed by atoms with van der Waals surface area (Å²) in [5.41, 5.74) is 2.67. The van der Waals surface area contributed by atoms with Crippen molar-refractivity contribution in [2.45, 2.75) is 12.8 Å². The maximum Gasteiger partial charge on any atom is 0.119 e. The molecule has 0 fully saturated rings. The normalized spacial score (nSPS) is 11.0. The molecule has 0 aliphatic carbocycles. The lowest BCUT2D eigenvalue weighted by atomic mass is 10.1. The van der Waals surface area contributed by atoms with Gasteiger partial charge in [0.1, 0.15) is 5.75 Å². The first-order valence-electron chi connectivity index (χ1n) is 6.03. The number of benzene rings is 1. The maximum absolute atomic E-state index is 5.29. The van der Waals surface area contributed by atoms with Crippen molar-refractivity contribution < 1.29 is 4.74 Å². The maximum atomic E-state index is 5.29. The van der Waals surface area contributed by atoms with Crippen LogP contribution in [0.25, 0.3) is 10.9 Å². The number of nitrogens with zero attached hydrogens (tertiary/aromatic N) is 1. The van der Waals surface area contributed by atoms with E-state index in [0.717, 1.165) is 25.1 Å². The highest BCUT2D eigenvalue weighted by atomic mass is 16.5. The van der Waals surface area contributed by atoms with Crippen LogP contribution in [0.3, 0.4) is 0 Å². The van der Waals surface area contributed by atoms with Gasteiger partial charge in [0.15, 0.2) is 0 Å². The number of ether oxygens (including phenoxy) is 1. The minimum Gasteiger partial charge on any atom is -0.497 e. The molecule has 2 rings (SSSR count). The van der Waals surface area contributed by atoms with Gasteiger partial charge in [-0.15, -0.1) is 0 Å². The van der Waals surface area contributed by atoms with E-state index in [2.05, 4.69) is 35.3 Å². The molecule has 0 radical (unpaired) electrons. The molecule has 2 aromatic rings. The van der Waals surface area contributed by atoms with Crippen LogP contribution in [0.1, 0.15) is 12.0 Å². The molecule has 0 atom stereocenters. The molecule has 0 amide bonds. The second-order valence-corrected chi connectivity index (χ2v) is 4.36. The van der Waals surface area contributed by atoms with Gasteiger partial charge >= 0.3 is 0 Å². The molecule has 0 spiro atoms. The SMILES string of the molecule is CNCCCc1cn(C)c2ccc(OC)cc12. The zero-order valence-electron chi connectivity index (χ0n) is 10.8. The van der Waals surface area contributed by atoms with E-state index in [9.17, 15) is 0 Å². The number of nitrogens with one attached hydrogen (secondary N) is 1. The lowest BCUT2D eigenvalue weighted by Gasteiger charge is -2.02. The molecule has 3 nitrogen and oxygen atoms in total. The standard InChI is InChI=1S/C14H20N2O/c1-15-8-4-5-11-10-16(2)14-7-6-12(17-3)9-13(11)14/h6-7,9-10,15H,4-5,8H2,1-3H3. The average molecular weight is 232 g/mol. The zero-order valence-corrected chi connectivity index (χ0v) is 10.8. The zero-order chi connectivity index (χ0) is 12.3. The molecular weight excluding hydrogens is 212 g/mol. The molecule has 1 N–H and O–H groups in total. The Labute approximate surface area is 102 Å². The number of rotatable bonds is 5. The summed E-state index contributed by atoms with van der Waals surface area (Å²) >= 11 is 0. The molecule has 0 bridgehead atoms. The van der Waals surface area contributed by atoms with Crippen LogP contribution in [0.5, 0.6) is 5.75 Å². The minimum atomic E-state index is 0.929. The number of methoxy groups -OCH3 is 1. The third-order valence-corrected chi connectivity index (χ3v) is 3.15. The van der Waals surface area contributed by atoms with Gasteiger partial charge in [-0.25, -0.2) is 0 Å². The van der Waals surface area contributed by atoms with Crippen molar-refractivity contribution in [3.63, 3.8) is 0 Å². The first-order valence-corrected chi connectivity index (χ1v) is 6.03. The monoisotopic (exact) mass is 232 g/mol. The Bertz CT molecular complexity index is 502. The Morgan fingerprint density at radius 2 is 2.18 bits per heavy atom. The Kier molecular flexibility index (Phi) is 3.69. The Balaban J connectivity index is 2.34. The first-order chi connectivity index (χ1) is 8.26. The highest BCUT2D eigenvalue weighted by Gasteiger charge is 2.07. The Morgan fingerprint density at radius 3 is 2.88 bits per heavy atom. The fourth-order valence-electron chi connectivity index (χ4n) is 2.23. The second kappa shape index (κ2) is 5.23. The fraction of sp³-hybridized carbons (Fsp3) is 0.429. The number of hydrogen-bond acceptors (Lipinski definition) is 2. The van der Waals surface area contributed by atoms with E-state index >= 15 is 0 Å². The molecule has 3 heteroatoms. The van der Waals surface area contributed by atoms with E-state index in [0.29, 0.717) is 0 Å². The fourth-order valence-corrected chi connectivity index (χ4v) is 2.23. The van der Waals surface area contributed by atoms with E-state index in [1.807, 2.05) is 13.1 Å².